The van der Waals surface area contributed by atoms with Gasteiger partial charge >= 0.3 is 0 Å². The molecule has 178 valence electrons. The number of nitrogens with zero attached hydrogens (tertiary/aromatic N) is 1. The van der Waals surface area contributed by atoms with Gasteiger partial charge < -0.3 is 10.1 Å². The molecule has 1 heterocycles. The molecule has 0 radical (unpaired) electrons. The molecule has 0 unspecified atom stereocenters. The Bertz CT molecular complexity index is 1170. The van der Waals surface area contributed by atoms with Crippen LogP contribution in [0.5, 0.6) is 5.75 Å². The van der Waals surface area contributed by atoms with Crippen molar-refractivity contribution in [2.45, 2.75) is 36.6 Å². The highest BCUT2D eigenvalue weighted by Crippen LogP contribution is 2.28. The zero-order valence-corrected chi connectivity index (χ0v) is 20.1. The first-order valence-electron chi connectivity index (χ1n) is 11.6. The van der Waals surface area contributed by atoms with Gasteiger partial charge in [0, 0.05) is 19.5 Å². The molecule has 0 aromatic heterocycles. The molecule has 0 atom stereocenters. The number of sulfonamides is 1. The van der Waals surface area contributed by atoms with Crippen LogP contribution in [0.15, 0.2) is 83.8 Å². The van der Waals surface area contributed by atoms with Crippen molar-refractivity contribution in [3.05, 3.63) is 95.6 Å². The van der Waals surface area contributed by atoms with Crippen LogP contribution in [0.4, 0.5) is 0 Å². The van der Waals surface area contributed by atoms with E-state index in [1.165, 1.54) is 4.31 Å². The molecular weight excluding hydrogens is 448 g/mol. The van der Waals surface area contributed by atoms with Crippen LogP contribution in [-0.4, -0.2) is 38.8 Å². The van der Waals surface area contributed by atoms with Crippen molar-refractivity contribution in [1.82, 2.24) is 9.62 Å². The van der Waals surface area contributed by atoms with E-state index in [2.05, 4.69) is 5.32 Å². The van der Waals surface area contributed by atoms with Crippen LogP contribution in [0.2, 0.25) is 0 Å². The van der Waals surface area contributed by atoms with Crippen LogP contribution in [0.25, 0.3) is 0 Å². The minimum absolute atomic E-state index is 0.118. The second-order valence-corrected chi connectivity index (χ2v) is 10.3. The first kappa shape index (κ1) is 24.0. The molecule has 0 saturated carbocycles. The third kappa shape index (κ3) is 5.48. The number of hydrogen-bond donors (Lipinski definition) is 1. The van der Waals surface area contributed by atoms with Crippen molar-refractivity contribution in [3.8, 4) is 5.75 Å². The predicted molar refractivity (Wildman–Crippen MR) is 132 cm³/mol. The Morgan fingerprint density at radius 3 is 2.09 bits per heavy atom. The van der Waals surface area contributed by atoms with Gasteiger partial charge in [-0.1, -0.05) is 60.7 Å². The summed E-state index contributed by atoms with van der Waals surface area (Å²) < 4.78 is 33.0. The number of aryl methyl sites for hydroxylation is 1. The average Bonchev–Trinajstić information content (AvgIpc) is 3.43. The maximum atomic E-state index is 13.0. The number of carbonyl (C=O) groups is 1. The highest BCUT2D eigenvalue weighted by atomic mass is 32.2. The van der Waals surface area contributed by atoms with E-state index in [-0.39, 0.29) is 23.3 Å². The molecule has 4 rings (SSSR count). The molecule has 1 aliphatic rings. The number of rotatable bonds is 9. The summed E-state index contributed by atoms with van der Waals surface area (Å²) >= 11 is 0. The van der Waals surface area contributed by atoms with Crippen molar-refractivity contribution in [1.29, 1.82) is 0 Å². The lowest BCUT2D eigenvalue weighted by Crippen LogP contribution is -2.29. The second kappa shape index (κ2) is 10.8. The average molecular weight is 479 g/mol. The van der Waals surface area contributed by atoms with Crippen molar-refractivity contribution in [2.75, 3.05) is 20.2 Å². The summed E-state index contributed by atoms with van der Waals surface area (Å²) in [5.74, 6) is 0.461. The Morgan fingerprint density at radius 2 is 1.53 bits per heavy atom. The Balaban J connectivity index is 1.50. The highest BCUT2D eigenvalue weighted by Gasteiger charge is 2.28. The normalized spacial score (nSPS) is 14.3. The lowest BCUT2D eigenvalue weighted by atomic mass is 9.98. The lowest BCUT2D eigenvalue weighted by molar-refractivity contribution is -0.121. The summed E-state index contributed by atoms with van der Waals surface area (Å²) in [5.41, 5.74) is 2.70. The minimum atomic E-state index is -3.54. The van der Waals surface area contributed by atoms with Gasteiger partial charge in [-0.15, -0.1) is 0 Å². The monoisotopic (exact) mass is 478 g/mol. The maximum Gasteiger partial charge on any atom is 0.243 e. The van der Waals surface area contributed by atoms with Gasteiger partial charge in [-0.2, -0.15) is 4.31 Å². The number of hydrogen-bond acceptors (Lipinski definition) is 4. The van der Waals surface area contributed by atoms with Crippen LogP contribution < -0.4 is 10.1 Å². The number of carbonyl (C=O) groups excluding carboxylic acids is 1. The molecule has 0 aliphatic carbocycles. The van der Waals surface area contributed by atoms with Crippen molar-refractivity contribution in [2.24, 2.45) is 0 Å². The van der Waals surface area contributed by atoms with E-state index < -0.39 is 10.0 Å². The van der Waals surface area contributed by atoms with E-state index in [0.717, 1.165) is 24.0 Å². The molecule has 0 bridgehead atoms. The van der Waals surface area contributed by atoms with Crippen molar-refractivity contribution < 1.29 is 17.9 Å². The molecule has 1 N–H and O–H groups in total. The van der Waals surface area contributed by atoms with Gasteiger partial charge in [-0.05, 0) is 54.2 Å². The molecule has 3 aromatic rings. The summed E-state index contributed by atoms with van der Waals surface area (Å²) in [4.78, 5) is 13.2. The molecule has 1 aliphatic heterocycles. The summed E-state index contributed by atoms with van der Waals surface area (Å²) in [6.45, 7) is 1.10. The van der Waals surface area contributed by atoms with E-state index in [4.69, 9.17) is 4.74 Å². The summed E-state index contributed by atoms with van der Waals surface area (Å²) in [7, 11) is -1.99. The van der Waals surface area contributed by atoms with Crippen LogP contribution in [-0.2, 0) is 21.2 Å². The molecule has 1 saturated heterocycles. The van der Waals surface area contributed by atoms with Gasteiger partial charge in [-0.3, -0.25) is 4.79 Å². The first-order chi connectivity index (χ1) is 16.5. The van der Waals surface area contributed by atoms with Crippen LogP contribution in [0.3, 0.4) is 0 Å². The van der Waals surface area contributed by atoms with E-state index in [1.807, 2.05) is 60.7 Å². The van der Waals surface area contributed by atoms with Gasteiger partial charge in [-0.25, -0.2) is 8.42 Å². The SMILES string of the molecule is COc1ccc(S(=O)(=O)N2CCCC2)cc1CCC(=O)NC(c1ccccc1)c1ccccc1. The van der Waals surface area contributed by atoms with E-state index in [1.54, 1.807) is 25.3 Å². The largest absolute Gasteiger partial charge is 0.496 e. The fraction of sp³-hybridized carbons (Fsp3) is 0.296. The number of amides is 1. The summed E-state index contributed by atoms with van der Waals surface area (Å²) in [6.07, 6.45) is 2.34. The van der Waals surface area contributed by atoms with Gasteiger partial charge in [0.2, 0.25) is 15.9 Å². The van der Waals surface area contributed by atoms with Gasteiger partial charge in [0.15, 0.2) is 0 Å². The third-order valence-corrected chi connectivity index (χ3v) is 8.04. The third-order valence-electron chi connectivity index (χ3n) is 6.15. The Hall–Kier alpha value is -3.16. The van der Waals surface area contributed by atoms with E-state index >= 15 is 0 Å². The minimum Gasteiger partial charge on any atom is -0.496 e. The highest BCUT2D eigenvalue weighted by molar-refractivity contribution is 7.89. The molecule has 7 heteroatoms. The maximum absolute atomic E-state index is 13.0. The van der Waals surface area contributed by atoms with Crippen LogP contribution in [0.1, 0.15) is 42.0 Å². The quantitative estimate of drug-likeness (QED) is 0.497. The molecule has 1 amide bonds. The molecular formula is C27H30N2O4S. The zero-order chi connectivity index (χ0) is 24.0. The number of nitrogens with one attached hydrogen (secondary N) is 1. The first-order valence-corrected chi connectivity index (χ1v) is 13.0. The smallest absolute Gasteiger partial charge is 0.243 e. The zero-order valence-electron chi connectivity index (χ0n) is 19.3. The Labute approximate surface area is 201 Å². The molecule has 3 aromatic carbocycles. The van der Waals surface area contributed by atoms with Crippen LogP contribution >= 0.6 is 0 Å². The number of methoxy groups -OCH3 is 1. The van der Waals surface area contributed by atoms with Gasteiger partial charge in [0.1, 0.15) is 5.75 Å². The van der Waals surface area contributed by atoms with Gasteiger partial charge in [0.25, 0.3) is 0 Å². The fourth-order valence-corrected chi connectivity index (χ4v) is 5.89. The van der Waals surface area contributed by atoms with E-state index in [0.29, 0.717) is 30.8 Å². The van der Waals surface area contributed by atoms with Crippen molar-refractivity contribution >= 4 is 15.9 Å². The summed E-state index contributed by atoms with van der Waals surface area (Å²) in [6, 6.07) is 24.3. The molecule has 6 nitrogen and oxygen atoms in total. The Kier molecular flexibility index (Phi) is 7.65. The predicted octanol–water partition coefficient (Wildman–Crippen LogP) is 4.32. The number of benzene rings is 3. The van der Waals surface area contributed by atoms with Crippen molar-refractivity contribution in [3.63, 3.8) is 0 Å². The standard InChI is InChI=1S/C27H30N2O4S/c1-33-25-16-15-24(34(31,32)29-18-8-9-19-29)20-23(25)14-17-26(30)28-27(21-10-4-2-5-11-21)22-12-6-3-7-13-22/h2-7,10-13,15-16,20,27H,8-9,14,17-19H2,1H3,(H,28,30). The van der Waals surface area contributed by atoms with E-state index in [9.17, 15) is 13.2 Å². The van der Waals surface area contributed by atoms with Gasteiger partial charge in [0.05, 0.1) is 18.0 Å². The van der Waals surface area contributed by atoms with Crippen LogP contribution in [0, 0.1) is 0 Å². The number of ether oxygens (including phenoxy) is 1. The molecule has 1 fully saturated rings. The fourth-order valence-electron chi connectivity index (χ4n) is 4.32. The molecule has 34 heavy (non-hydrogen) atoms. The summed E-state index contributed by atoms with van der Waals surface area (Å²) in [5, 5.41) is 3.14. The Morgan fingerprint density at radius 1 is 0.941 bits per heavy atom. The second-order valence-electron chi connectivity index (χ2n) is 8.41. The topological polar surface area (TPSA) is 75.7 Å². The lowest BCUT2D eigenvalue weighted by Gasteiger charge is -2.20. The molecule has 0 spiro atoms.